The van der Waals surface area contributed by atoms with E-state index in [9.17, 15) is 19.5 Å². The highest BCUT2D eigenvalue weighted by Crippen LogP contribution is 2.20. The Kier molecular flexibility index (Phi) is 6.18. The van der Waals surface area contributed by atoms with E-state index in [1.807, 2.05) is 30.3 Å². The summed E-state index contributed by atoms with van der Waals surface area (Å²) in [5.41, 5.74) is -0.201. The van der Waals surface area contributed by atoms with Crippen LogP contribution < -0.4 is 15.8 Å². The predicted octanol–water partition coefficient (Wildman–Crippen LogP) is 0.154. The number of fused-ring (bicyclic) bond motifs is 1. The molecule has 0 aliphatic carbocycles. The van der Waals surface area contributed by atoms with E-state index in [0.717, 1.165) is 5.56 Å². The Labute approximate surface area is 168 Å². The number of pyridine rings is 1. The maximum absolute atomic E-state index is 12.7. The fourth-order valence-corrected chi connectivity index (χ4v) is 3.18. The minimum absolute atomic E-state index is 0.166. The third-order valence-corrected chi connectivity index (χ3v) is 4.75. The van der Waals surface area contributed by atoms with Crippen LogP contribution in [-0.4, -0.2) is 67.0 Å². The fraction of sp³-hybridized carbons (Fsp3) is 0.350. The number of nitrogens with one attached hydrogen (secondary N) is 1. The van der Waals surface area contributed by atoms with E-state index >= 15 is 0 Å². The zero-order chi connectivity index (χ0) is 21.0. The van der Waals surface area contributed by atoms with Crippen LogP contribution in [0.3, 0.4) is 0 Å². The molecule has 9 nitrogen and oxygen atoms in total. The molecular formula is C20H24N4O5. The molecule has 0 bridgehead atoms. The number of carbonyl (C=O) groups is 2. The monoisotopic (exact) mass is 400 g/mol. The zero-order valence-corrected chi connectivity index (χ0v) is 16.4. The minimum Gasteiger partial charge on any atom is -0.502 e. The molecule has 154 valence electrons. The Hall–Kier alpha value is -3.33. The van der Waals surface area contributed by atoms with Gasteiger partial charge in [0.15, 0.2) is 11.4 Å². The number of nitrogens with zero attached hydrogens (tertiary/aromatic N) is 3. The molecule has 2 heterocycles. The standard InChI is InChI=1S/C20H24N4O5/c1-22-13-23(10-11-29-2)20(28)16-18(26)17(25)15(12-24(16)22)19(27)21-9-8-14-6-4-3-5-7-14/h3-7,12,26H,8-11,13H2,1-2H3,(H,21,27). The molecule has 0 saturated carbocycles. The summed E-state index contributed by atoms with van der Waals surface area (Å²) in [6.07, 6.45) is 1.90. The van der Waals surface area contributed by atoms with Gasteiger partial charge in [0, 0.05) is 33.4 Å². The van der Waals surface area contributed by atoms with Crippen molar-refractivity contribution in [2.24, 2.45) is 0 Å². The molecule has 1 aliphatic rings. The molecule has 2 N–H and O–H groups in total. The molecule has 0 atom stereocenters. The van der Waals surface area contributed by atoms with Crippen molar-refractivity contribution in [3.63, 3.8) is 0 Å². The lowest BCUT2D eigenvalue weighted by Gasteiger charge is -2.37. The lowest BCUT2D eigenvalue weighted by atomic mass is 10.1. The Bertz CT molecular complexity index is 957. The molecule has 0 fully saturated rings. The Morgan fingerprint density at radius 1 is 1.24 bits per heavy atom. The van der Waals surface area contributed by atoms with Crippen molar-refractivity contribution < 1.29 is 19.4 Å². The van der Waals surface area contributed by atoms with Gasteiger partial charge in [0.25, 0.3) is 11.8 Å². The quantitative estimate of drug-likeness (QED) is 0.686. The molecule has 0 radical (unpaired) electrons. The molecule has 2 aromatic rings. The summed E-state index contributed by atoms with van der Waals surface area (Å²) in [4.78, 5) is 39.2. The molecule has 3 rings (SSSR count). The highest BCUT2D eigenvalue weighted by molar-refractivity contribution is 5.99. The first-order valence-electron chi connectivity index (χ1n) is 9.24. The van der Waals surface area contributed by atoms with Gasteiger partial charge in [0.1, 0.15) is 12.2 Å². The van der Waals surface area contributed by atoms with E-state index < -0.39 is 23.0 Å². The van der Waals surface area contributed by atoms with Crippen molar-refractivity contribution in [2.45, 2.75) is 6.42 Å². The van der Waals surface area contributed by atoms with Gasteiger partial charge in [-0.1, -0.05) is 30.3 Å². The second-order valence-electron chi connectivity index (χ2n) is 6.77. The highest BCUT2D eigenvalue weighted by Gasteiger charge is 2.32. The van der Waals surface area contributed by atoms with Crippen LogP contribution in [0, 0.1) is 0 Å². The maximum atomic E-state index is 12.7. The van der Waals surface area contributed by atoms with Crippen LogP contribution in [0.2, 0.25) is 0 Å². The van der Waals surface area contributed by atoms with Crippen LogP contribution in [0.5, 0.6) is 5.75 Å². The minimum atomic E-state index is -0.871. The summed E-state index contributed by atoms with van der Waals surface area (Å²) in [6, 6.07) is 9.62. The number of hydrogen-bond donors (Lipinski definition) is 2. The summed E-state index contributed by atoms with van der Waals surface area (Å²) in [5, 5.41) is 14.7. The second kappa shape index (κ2) is 8.78. The van der Waals surface area contributed by atoms with Gasteiger partial charge in [-0.2, -0.15) is 0 Å². The van der Waals surface area contributed by atoms with Gasteiger partial charge >= 0.3 is 0 Å². The van der Waals surface area contributed by atoms with E-state index in [1.54, 1.807) is 12.1 Å². The van der Waals surface area contributed by atoms with Crippen molar-refractivity contribution in [3.8, 4) is 5.75 Å². The Morgan fingerprint density at radius 3 is 2.66 bits per heavy atom. The Balaban J connectivity index is 1.81. The van der Waals surface area contributed by atoms with Crippen molar-refractivity contribution in [3.05, 3.63) is 63.6 Å². The topological polar surface area (TPSA) is 104 Å². The number of methoxy groups -OCH3 is 1. The smallest absolute Gasteiger partial charge is 0.277 e. The summed E-state index contributed by atoms with van der Waals surface area (Å²) >= 11 is 0. The van der Waals surface area contributed by atoms with Gasteiger partial charge in [-0.25, -0.2) is 0 Å². The summed E-state index contributed by atoms with van der Waals surface area (Å²) in [6.45, 7) is 1.21. The number of amides is 2. The molecule has 0 unspecified atom stereocenters. The fourth-order valence-electron chi connectivity index (χ4n) is 3.18. The molecular weight excluding hydrogens is 376 g/mol. The number of rotatable bonds is 7. The normalized spacial score (nSPS) is 13.4. The number of aromatic hydroxyl groups is 1. The average molecular weight is 400 g/mol. The van der Waals surface area contributed by atoms with Gasteiger partial charge in [0.05, 0.1) is 6.61 Å². The first kappa shape index (κ1) is 20.4. The van der Waals surface area contributed by atoms with Crippen molar-refractivity contribution >= 4 is 11.8 Å². The van der Waals surface area contributed by atoms with Crippen LogP contribution in [-0.2, 0) is 11.2 Å². The number of aromatic nitrogens is 1. The molecule has 2 amide bonds. The highest BCUT2D eigenvalue weighted by atomic mass is 16.5. The van der Waals surface area contributed by atoms with E-state index in [0.29, 0.717) is 26.1 Å². The molecule has 1 aromatic heterocycles. The molecule has 1 aromatic carbocycles. The summed E-state index contributed by atoms with van der Waals surface area (Å²) in [5.74, 6) is -1.83. The predicted molar refractivity (Wildman–Crippen MR) is 107 cm³/mol. The lowest BCUT2D eigenvalue weighted by Crippen LogP contribution is -2.53. The van der Waals surface area contributed by atoms with Crippen LogP contribution >= 0.6 is 0 Å². The van der Waals surface area contributed by atoms with E-state index in [1.165, 1.54) is 22.9 Å². The van der Waals surface area contributed by atoms with Crippen molar-refractivity contribution in [1.82, 2.24) is 14.9 Å². The van der Waals surface area contributed by atoms with E-state index in [4.69, 9.17) is 4.74 Å². The first-order chi connectivity index (χ1) is 13.9. The number of benzene rings is 1. The number of hydrogen-bond acceptors (Lipinski definition) is 6. The van der Waals surface area contributed by atoms with Crippen molar-refractivity contribution in [1.29, 1.82) is 0 Å². The lowest BCUT2D eigenvalue weighted by molar-refractivity contribution is 0.0629. The molecule has 9 heteroatoms. The van der Waals surface area contributed by atoms with Crippen LogP contribution in [0.15, 0.2) is 41.3 Å². The maximum Gasteiger partial charge on any atom is 0.277 e. The number of carbonyl (C=O) groups excluding carboxylic acids is 2. The van der Waals surface area contributed by atoms with Crippen LogP contribution in [0.25, 0.3) is 0 Å². The molecule has 0 saturated heterocycles. The molecule has 29 heavy (non-hydrogen) atoms. The summed E-state index contributed by atoms with van der Waals surface area (Å²) < 4.78 is 6.34. The Morgan fingerprint density at radius 2 is 1.97 bits per heavy atom. The first-order valence-corrected chi connectivity index (χ1v) is 9.24. The molecule has 0 spiro atoms. The van der Waals surface area contributed by atoms with Gasteiger partial charge in [0.2, 0.25) is 5.43 Å². The van der Waals surface area contributed by atoms with Gasteiger partial charge < -0.3 is 20.1 Å². The summed E-state index contributed by atoms with van der Waals surface area (Å²) in [7, 11) is 3.22. The SMILES string of the molecule is COCCN1CN(C)n2cc(C(=O)NCCc3ccccc3)c(=O)c(O)c2C1=O. The number of ether oxygens (including phenoxy) is 1. The zero-order valence-electron chi connectivity index (χ0n) is 16.4. The van der Waals surface area contributed by atoms with Gasteiger partial charge in [-0.3, -0.25) is 24.1 Å². The van der Waals surface area contributed by atoms with Gasteiger partial charge in [-0.05, 0) is 12.0 Å². The average Bonchev–Trinajstić information content (AvgIpc) is 2.72. The second-order valence-corrected chi connectivity index (χ2v) is 6.77. The third-order valence-electron chi connectivity index (χ3n) is 4.75. The van der Waals surface area contributed by atoms with Crippen LogP contribution in [0.1, 0.15) is 26.4 Å². The van der Waals surface area contributed by atoms with Crippen LogP contribution in [0.4, 0.5) is 0 Å². The molecule has 1 aliphatic heterocycles. The van der Waals surface area contributed by atoms with E-state index in [2.05, 4.69) is 5.32 Å². The van der Waals surface area contributed by atoms with Crippen molar-refractivity contribution in [2.75, 3.05) is 45.5 Å². The van der Waals surface area contributed by atoms with Gasteiger partial charge in [-0.15, -0.1) is 0 Å². The van der Waals surface area contributed by atoms with E-state index in [-0.39, 0.29) is 17.9 Å². The third kappa shape index (κ3) is 4.24. The largest absolute Gasteiger partial charge is 0.502 e.